The molecule has 0 radical (unpaired) electrons. The standard InChI is InChI=1S/C15H16I2N2O4S3/c1-8(16)6-9(17)10-7-25-14(26-10)11-12(22)18(2-4-20)15(24)19(3-5-21)13(11)23/h6,20-21H,2-5,7H2,1H3. The molecular formula is C15H16I2N2O4S3. The van der Waals surface area contributed by atoms with Crippen LogP contribution in [-0.4, -0.2) is 69.0 Å². The van der Waals surface area contributed by atoms with Crippen LogP contribution in [0.2, 0.25) is 0 Å². The van der Waals surface area contributed by atoms with Gasteiger partial charge in [-0.1, -0.05) is 11.8 Å². The second-order valence-electron chi connectivity index (χ2n) is 5.20. The molecule has 2 amide bonds. The second-order valence-corrected chi connectivity index (χ2v) is 10.8. The number of aliphatic hydroxyl groups excluding tert-OH is 2. The van der Waals surface area contributed by atoms with Gasteiger partial charge in [-0.25, -0.2) is 0 Å². The monoisotopic (exact) mass is 638 g/mol. The first-order valence-electron chi connectivity index (χ1n) is 7.48. The predicted octanol–water partition coefficient (Wildman–Crippen LogP) is 2.60. The van der Waals surface area contributed by atoms with Gasteiger partial charge in [0.25, 0.3) is 11.8 Å². The highest BCUT2D eigenvalue weighted by Crippen LogP contribution is 2.49. The maximum absolute atomic E-state index is 12.8. The zero-order chi connectivity index (χ0) is 19.4. The molecule has 0 saturated carbocycles. The summed E-state index contributed by atoms with van der Waals surface area (Å²) in [6.07, 6.45) is 2.05. The average Bonchev–Trinajstić information content (AvgIpc) is 3.05. The lowest BCUT2D eigenvalue weighted by Gasteiger charge is -2.36. The summed E-state index contributed by atoms with van der Waals surface area (Å²) in [5.41, 5.74) is 0.0601. The van der Waals surface area contributed by atoms with Crippen molar-refractivity contribution in [3.63, 3.8) is 0 Å². The molecule has 142 valence electrons. The van der Waals surface area contributed by atoms with Crippen LogP contribution in [-0.2, 0) is 9.59 Å². The lowest BCUT2D eigenvalue weighted by molar-refractivity contribution is -0.134. The number of hydrogen-bond acceptors (Lipinski definition) is 7. The van der Waals surface area contributed by atoms with Crippen LogP contribution in [0.5, 0.6) is 0 Å². The van der Waals surface area contributed by atoms with E-state index in [-0.39, 0.29) is 37.0 Å². The van der Waals surface area contributed by atoms with E-state index < -0.39 is 11.8 Å². The molecular weight excluding hydrogens is 622 g/mol. The topological polar surface area (TPSA) is 81.1 Å². The molecule has 0 aromatic rings. The zero-order valence-electron chi connectivity index (χ0n) is 13.7. The second kappa shape index (κ2) is 10.2. The van der Waals surface area contributed by atoms with Crippen molar-refractivity contribution in [1.82, 2.24) is 9.80 Å². The Kier molecular flexibility index (Phi) is 8.88. The van der Waals surface area contributed by atoms with Crippen molar-refractivity contribution in [3.8, 4) is 0 Å². The van der Waals surface area contributed by atoms with Gasteiger partial charge >= 0.3 is 0 Å². The molecule has 0 aromatic heterocycles. The van der Waals surface area contributed by atoms with Crippen LogP contribution >= 0.6 is 80.9 Å². The number of hydrogen-bond donors (Lipinski definition) is 2. The van der Waals surface area contributed by atoms with Crippen molar-refractivity contribution in [2.75, 3.05) is 32.1 Å². The van der Waals surface area contributed by atoms with Crippen molar-refractivity contribution in [1.29, 1.82) is 0 Å². The molecule has 2 saturated heterocycles. The van der Waals surface area contributed by atoms with E-state index >= 15 is 0 Å². The highest BCUT2D eigenvalue weighted by Gasteiger charge is 2.42. The highest BCUT2D eigenvalue weighted by atomic mass is 127. The molecule has 6 nitrogen and oxygen atoms in total. The van der Waals surface area contributed by atoms with Crippen LogP contribution in [0.25, 0.3) is 0 Å². The molecule has 2 fully saturated rings. The van der Waals surface area contributed by atoms with Gasteiger partial charge in [-0.2, -0.15) is 0 Å². The predicted molar refractivity (Wildman–Crippen MR) is 126 cm³/mol. The maximum atomic E-state index is 12.8. The van der Waals surface area contributed by atoms with Gasteiger partial charge in [0.05, 0.1) is 30.5 Å². The van der Waals surface area contributed by atoms with Gasteiger partial charge in [0.15, 0.2) is 5.11 Å². The van der Waals surface area contributed by atoms with Gasteiger partial charge in [-0.05, 0) is 74.0 Å². The third-order valence-corrected chi connectivity index (χ3v) is 8.14. The van der Waals surface area contributed by atoms with Crippen molar-refractivity contribution in [2.45, 2.75) is 6.92 Å². The quantitative estimate of drug-likeness (QED) is 0.208. The lowest BCUT2D eigenvalue weighted by atomic mass is 10.2. The molecule has 0 bridgehead atoms. The molecule has 0 unspecified atom stereocenters. The first-order chi connectivity index (χ1) is 12.3. The van der Waals surface area contributed by atoms with Gasteiger partial charge in [0, 0.05) is 14.2 Å². The number of thiocarbonyl (C=S) groups is 1. The summed E-state index contributed by atoms with van der Waals surface area (Å²) in [6, 6.07) is 0. The summed E-state index contributed by atoms with van der Waals surface area (Å²) in [5, 5.41) is 18.5. The lowest BCUT2D eigenvalue weighted by Crippen LogP contribution is -2.57. The summed E-state index contributed by atoms with van der Waals surface area (Å²) in [7, 11) is 0. The van der Waals surface area contributed by atoms with E-state index in [1.807, 2.05) is 13.0 Å². The Labute approximate surface area is 192 Å². The maximum Gasteiger partial charge on any atom is 0.267 e. The molecule has 26 heavy (non-hydrogen) atoms. The summed E-state index contributed by atoms with van der Waals surface area (Å²) in [6.45, 7) is 1.49. The Morgan fingerprint density at radius 3 is 2.19 bits per heavy atom. The number of nitrogens with zero attached hydrogens (tertiary/aromatic N) is 2. The van der Waals surface area contributed by atoms with E-state index in [1.165, 1.54) is 33.3 Å². The minimum Gasteiger partial charge on any atom is -0.395 e. The minimum atomic E-state index is -0.491. The average molecular weight is 638 g/mol. The normalized spacial score (nSPS) is 21.3. The van der Waals surface area contributed by atoms with Gasteiger partial charge in [-0.3, -0.25) is 19.4 Å². The Hall–Kier alpha value is 0.330. The Bertz CT molecular complexity index is 702. The number of carbonyl (C=O) groups excluding carboxylic acids is 2. The van der Waals surface area contributed by atoms with E-state index in [2.05, 4.69) is 45.2 Å². The number of allylic oxidation sites excluding steroid dienone is 3. The molecule has 0 aromatic carbocycles. The fourth-order valence-corrected chi connectivity index (χ4v) is 7.27. The molecule has 2 rings (SSSR count). The number of thioether (sulfide) groups is 2. The Balaban J connectivity index is 2.44. The minimum absolute atomic E-state index is 0.00991. The van der Waals surface area contributed by atoms with Crippen LogP contribution in [0.1, 0.15) is 6.92 Å². The van der Waals surface area contributed by atoms with Crippen molar-refractivity contribution >= 4 is 97.9 Å². The number of β-amino-alcohol motifs (C(OH)–C–C–N with tert-alkyl or cyclic N) is 2. The first-order valence-corrected chi connectivity index (χ1v) is 11.8. The van der Waals surface area contributed by atoms with E-state index in [1.54, 1.807) is 0 Å². The molecule has 0 spiro atoms. The number of carbonyl (C=O) groups is 2. The van der Waals surface area contributed by atoms with Crippen LogP contribution < -0.4 is 0 Å². The summed E-state index contributed by atoms with van der Waals surface area (Å²) in [5.74, 6) is -0.294. The number of amides is 2. The summed E-state index contributed by atoms with van der Waals surface area (Å²) in [4.78, 5) is 29.2. The van der Waals surface area contributed by atoms with Crippen LogP contribution in [0.15, 0.2) is 28.0 Å². The molecule has 0 aliphatic carbocycles. The molecule has 11 heteroatoms. The SMILES string of the molecule is CC(I)=CC(I)=C1CSC(=C2C(=O)N(CCO)C(=S)N(CCO)C2=O)S1. The van der Waals surface area contributed by atoms with Crippen LogP contribution in [0.4, 0.5) is 0 Å². The fourth-order valence-electron chi connectivity index (χ4n) is 2.25. The Morgan fingerprint density at radius 1 is 1.19 bits per heavy atom. The van der Waals surface area contributed by atoms with Crippen LogP contribution in [0.3, 0.4) is 0 Å². The van der Waals surface area contributed by atoms with E-state index in [4.69, 9.17) is 12.2 Å². The number of rotatable bonds is 5. The smallest absolute Gasteiger partial charge is 0.267 e. The Morgan fingerprint density at radius 2 is 1.73 bits per heavy atom. The van der Waals surface area contributed by atoms with Crippen molar-refractivity contribution in [3.05, 3.63) is 28.0 Å². The number of aliphatic hydroxyl groups is 2. The van der Waals surface area contributed by atoms with Gasteiger partial charge in [0.2, 0.25) is 0 Å². The van der Waals surface area contributed by atoms with Crippen molar-refractivity contribution < 1.29 is 19.8 Å². The van der Waals surface area contributed by atoms with Gasteiger partial charge in [-0.15, -0.1) is 11.8 Å². The molecule has 2 aliphatic rings. The van der Waals surface area contributed by atoms with E-state index in [9.17, 15) is 19.8 Å². The molecule has 0 atom stereocenters. The largest absolute Gasteiger partial charge is 0.395 e. The fraction of sp³-hybridized carbons (Fsp3) is 0.400. The molecule has 2 N–H and O–H groups in total. The van der Waals surface area contributed by atoms with Crippen LogP contribution in [0, 0.1) is 0 Å². The van der Waals surface area contributed by atoms with E-state index in [0.29, 0.717) is 9.99 Å². The molecule has 2 aliphatic heterocycles. The third kappa shape index (κ3) is 5.03. The summed E-state index contributed by atoms with van der Waals surface area (Å²) >= 11 is 12.6. The summed E-state index contributed by atoms with van der Waals surface area (Å²) < 4.78 is 2.86. The van der Waals surface area contributed by atoms with E-state index in [0.717, 1.165) is 12.1 Å². The van der Waals surface area contributed by atoms with Gasteiger partial charge in [0.1, 0.15) is 5.57 Å². The zero-order valence-corrected chi connectivity index (χ0v) is 20.5. The highest BCUT2D eigenvalue weighted by molar-refractivity contribution is 14.1. The van der Waals surface area contributed by atoms with Gasteiger partial charge < -0.3 is 10.2 Å². The number of halogens is 2. The first kappa shape index (κ1) is 22.6. The van der Waals surface area contributed by atoms with Crippen molar-refractivity contribution in [2.24, 2.45) is 0 Å². The molecule has 2 heterocycles. The third-order valence-electron chi connectivity index (χ3n) is 3.37.